The number of hydrogen-bond donors (Lipinski definition) is 5. The van der Waals surface area contributed by atoms with Crippen molar-refractivity contribution in [3.63, 3.8) is 0 Å². The highest BCUT2D eigenvalue weighted by molar-refractivity contribution is 7.14. The minimum atomic E-state index is -1.01. The number of nitrogens with one attached hydrogen (secondary N) is 4. The van der Waals surface area contributed by atoms with Crippen LogP contribution >= 0.6 is 11.3 Å². The summed E-state index contributed by atoms with van der Waals surface area (Å²) in [6, 6.07) is 15.2. The summed E-state index contributed by atoms with van der Waals surface area (Å²) in [6.45, 7) is 0.351. The van der Waals surface area contributed by atoms with Crippen LogP contribution in [0.15, 0.2) is 60.0 Å². The van der Waals surface area contributed by atoms with Crippen molar-refractivity contribution < 1.29 is 24.3 Å². The van der Waals surface area contributed by atoms with Crippen LogP contribution in [0.25, 0.3) is 0 Å². The molecule has 0 atom stereocenters. The number of amides is 4. The summed E-state index contributed by atoms with van der Waals surface area (Å²) in [5.74, 6) is -1.97. The Bertz CT molecular complexity index is 1150. The lowest BCUT2D eigenvalue weighted by molar-refractivity contribution is -0.136. The summed E-state index contributed by atoms with van der Waals surface area (Å²) >= 11 is 1.10. The van der Waals surface area contributed by atoms with E-state index in [1.807, 2.05) is 30.3 Å². The quantitative estimate of drug-likeness (QED) is 0.327. The minimum Gasteiger partial charge on any atom is -0.481 e. The Morgan fingerprint density at radius 1 is 0.909 bits per heavy atom. The van der Waals surface area contributed by atoms with Gasteiger partial charge in [-0.15, -0.1) is 11.3 Å². The molecule has 0 unspecified atom stereocenters. The fourth-order valence-electron chi connectivity index (χ4n) is 2.67. The molecule has 0 spiro atoms. The number of benzene rings is 2. The van der Waals surface area contributed by atoms with Gasteiger partial charge in [-0.3, -0.25) is 19.7 Å². The molecule has 5 N–H and O–H groups in total. The molecule has 0 aliphatic heterocycles. The number of anilines is 2. The molecule has 2 aromatic carbocycles. The van der Waals surface area contributed by atoms with Crippen molar-refractivity contribution in [2.24, 2.45) is 0 Å². The second kappa shape index (κ2) is 11.4. The Kier molecular flexibility index (Phi) is 8.08. The summed E-state index contributed by atoms with van der Waals surface area (Å²) in [6.07, 6.45) is -0.188. The van der Waals surface area contributed by atoms with Gasteiger partial charge in [-0.1, -0.05) is 36.4 Å². The average Bonchev–Trinajstić information content (AvgIpc) is 3.27. The number of carbonyl (C=O) groups excluding carboxylic acids is 3. The standard InChI is InChI=1S/C22H21N5O5S/c28-18(29)9-10-23-19(30)15-7-4-8-16(11-15)25-20(31)17-13-33-22(26-17)27-21(32)24-12-14-5-2-1-3-6-14/h1-8,11,13H,9-10,12H2,(H,23,30)(H,25,31)(H,28,29)(H2,24,26,27,32). The molecular weight excluding hydrogens is 446 g/mol. The molecular formula is C22H21N5O5S. The number of carbonyl (C=O) groups is 4. The predicted octanol–water partition coefficient (Wildman–Crippen LogP) is 2.92. The fraction of sp³-hybridized carbons (Fsp3) is 0.136. The molecule has 0 aliphatic rings. The largest absolute Gasteiger partial charge is 0.481 e. The Labute approximate surface area is 193 Å². The van der Waals surface area contributed by atoms with Gasteiger partial charge in [0.15, 0.2) is 5.13 Å². The number of rotatable bonds is 9. The van der Waals surface area contributed by atoms with E-state index in [1.165, 1.54) is 11.4 Å². The van der Waals surface area contributed by atoms with Gasteiger partial charge in [-0.25, -0.2) is 9.78 Å². The second-order valence-corrected chi connectivity index (χ2v) is 7.62. The zero-order valence-electron chi connectivity index (χ0n) is 17.3. The molecule has 11 heteroatoms. The number of carboxylic acid groups (broad SMARTS) is 1. The van der Waals surface area contributed by atoms with Crippen molar-refractivity contribution in [1.82, 2.24) is 15.6 Å². The maximum Gasteiger partial charge on any atom is 0.321 e. The van der Waals surface area contributed by atoms with E-state index < -0.39 is 23.8 Å². The Morgan fingerprint density at radius 3 is 2.45 bits per heavy atom. The molecule has 0 saturated heterocycles. The van der Waals surface area contributed by atoms with E-state index in [-0.39, 0.29) is 29.4 Å². The van der Waals surface area contributed by atoms with E-state index in [0.717, 1.165) is 16.9 Å². The Balaban J connectivity index is 1.52. The van der Waals surface area contributed by atoms with Crippen LogP contribution in [0.5, 0.6) is 0 Å². The van der Waals surface area contributed by atoms with Gasteiger partial charge in [0, 0.05) is 29.7 Å². The molecule has 1 heterocycles. The molecule has 3 rings (SSSR count). The van der Waals surface area contributed by atoms with Crippen LogP contribution in [-0.4, -0.2) is 40.5 Å². The summed E-state index contributed by atoms with van der Waals surface area (Å²) in [5, 5.41) is 20.8. The van der Waals surface area contributed by atoms with Crippen LogP contribution in [0.1, 0.15) is 32.8 Å². The number of aromatic nitrogens is 1. The topological polar surface area (TPSA) is 150 Å². The van der Waals surface area contributed by atoms with E-state index in [2.05, 4.69) is 26.3 Å². The third-order valence-electron chi connectivity index (χ3n) is 4.26. The highest BCUT2D eigenvalue weighted by Crippen LogP contribution is 2.17. The highest BCUT2D eigenvalue weighted by atomic mass is 32.1. The Morgan fingerprint density at radius 2 is 1.70 bits per heavy atom. The van der Waals surface area contributed by atoms with Crippen LogP contribution < -0.4 is 21.3 Å². The average molecular weight is 468 g/mol. The zero-order valence-corrected chi connectivity index (χ0v) is 18.1. The molecule has 10 nitrogen and oxygen atoms in total. The van der Waals surface area contributed by atoms with E-state index >= 15 is 0 Å². The molecule has 0 bridgehead atoms. The predicted molar refractivity (Wildman–Crippen MR) is 123 cm³/mol. The summed E-state index contributed by atoms with van der Waals surface area (Å²) in [5.41, 5.74) is 1.70. The van der Waals surface area contributed by atoms with Gasteiger partial charge < -0.3 is 21.1 Å². The highest BCUT2D eigenvalue weighted by Gasteiger charge is 2.14. The lowest BCUT2D eigenvalue weighted by atomic mass is 10.2. The molecule has 3 aromatic rings. The van der Waals surface area contributed by atoms with E-state index in [9.17, 15) is 19.2 Å². The molecule has 0 aliphatic carbocycles. The smallest absolute Gasteiger partial charge is 0.321 e. The first-order valence-electron chi connectivity index (χ1n) is 9.86. The summed E-state index contributed by atoms with van der Waals surface area (Å²) < 4.78 is 0. The van der Waals surface area contributed by atoms with E-state index in [4.69, 9.17) is 5.11 Å². The van der Waals surface area contributed by atoms with Gasteiger partial charge in [0.2, 0.25) is 0 Å². The molecule has 33 heavy (non-hydrogen) atoms. The number of nitrogens with zero attached hydrogens (tertiary/aromatic N) is 1. The van der Waals surface area contributed by atoms with Crippen molar-refractivity contribution in [3.8, 4) is 0 Å². The summed E-state index contributed by atoms with van der Waals surface area (Å²) in [4.78, 5) is 51.3. The first-order chi connectivity index (χ1) is 15.9. The monoisotopic (exact) mass is 467 g/mol. The van der Waals surface area contributed by atoms with Crippen molar-refractivity contribution in [2.75, 3.05) is 17.2 Å². The first-order valence-corrected chi connectivity index (χ1v) is 10.7. The number of hydrogen-bond acceptors (Lipinski definition) is 6. The Hall–Kier alpha value is -4.25. The molecule has 0 saturated carbocycles. The van der Waals surface area contributed by atoms with Crippen molar-refractivity contribution in [3.05, 3.63) is 76.8 Å². The van der Waals surface area contributed by atoms with Gasteiger partial charge in [0.05, 0.1) is 6.42 Å². The SMILES string of the molecule is O=C(O)CCNC(=O)c1cccc(NC(=O)c2csc(NC(=O)NCc3ccccc3)n2)c1. The van der Waals surface area contributed by atoms with Gasteiger partial charge in [-0.2, -0.15) is 0 Å². The zero-order chi connectivity index (χ0) is 23.6. The van der Waals surface area contributed by atoms with Crippen molar-refractivity contribution in [1.29, 1.82) is 0 Å². The molecule has 0 radical (unpaired) electrons. The van der Waals surface area contributed by atoms with Crippen LogP contribution in [0.3, 0.4) is 0 Å². The number of aliphatic carboxylic acids is 1. The van der Waals surface area contributed by atoms with Gasteiger partial charge in [0.25, 0.3) is 11.8 Å². The third-order valence-corrected chi connectivity index (χ3v) is 5.02. The maximum absolute atomic E-state index is 12.5. The first kappa shape index (κ1) is 23.4. The van der Waals surface area contributed by atoms with Crippen LogP contribution in [0, 0.1) is 0 Å². The minimum absolute atomic E-state index is 0.00171. The van der Waals surface area contributed by atoms with Crippen molar-refractivity contribution in [2.45, 2.75) is 13.0 Å². The second-order valence-electron chi connectivity index (χ2n) is 6.77. The number of thiazole rings is 1. The van der Waals surface area contributed by atoms with Gasteiger partial charge >= 0.3 is 12.0 Å². The van der Waals surface area contributed by atoms with Crippen LogP contribution in [-0.2, 0) is 11.3 Å². The molecule has 0 fully saturated rings. The summed E-state index contributed by atoms with van der Waals surface area (Å²) in [7, 11) is 0. The fourth-order valence-corrected chi connectivity index (χ4v) is 3.36. The lowest BCUT2D eigenvalue weighted by Gasteiger charge is -2.07. The molecule has 4 amide bonds. The molecule has 170 valence electrons. The van der Waals surface area contributed by atoms with Crippen LogP contribution in [0.4, 0.5) is 15.6 Å². The maximum atomic E-state index is 12.5. The van der Waals surface area contributed by atoms with Crippen LogP contribution in [0.2, 0.25) is 0 Å². The normalized spacial score (nSPS) is 10.2. The van der Waals surface area contributed by atoms with E-state index in [0.29, 0.717) is 12.2 Å². The third kappa shape index (κ3) is 7.43. The lowest BCUT2D eigenvalue weighted by Crippen LogP contribution is -2.28. The number of carboxylic acids is 1. The van der Waals surface area contributed by atoms with Crippen molar-refractivity contribution >= 4 is 46.0 Å². The number of urea groups is 1. The molecule has 1 aromatic heterocycles. The van der Waals surface area contributed by atoms with Gasteiger partial charge in [0.1, 0.15) is 5.69 Å². The van der Waals surface area contributed by atoms with E-state index in [1.54, 1.807) is 18.2 Å². The van der Waals surface area contributed by atoms with Gasteiger partial charge in [-0.05, 0) is 23.8 Å².